The fraction of sp³-hybridized carbons (Fsp3) is 0.200. The molecule has 0 unspecified atom stereocenters. The normalized spacial score (nSPS) is 11.6. The molecule has 4 aromatic rings. The van der Waals surface area contributed by atoms with Crippen molar-refractivity contribution in [3.63, 3.8) is 0 Å². The van der Waals surface area contributed by atoms with Gasteiger partial charge in [-0.3, -0.25) is 0 Å². The molecule has 0 atom stereocenters. The molecule has 0 amide bonds. The second-order valence-corrected chi connectivity index (χ2v) is 7.36. The second kappa shape index (κ2) is 7.92. The Kier molecular flexibility index (Phi) is 5.16. The van der Waals surface area contributed by atoms with Gasteiger partial charge in [-0.05, 0) is 87.4 Å². The van der Waals surface area contributed by atoms with Gasteiger partial charge in [0.2, 0.25) is 0 Å². The molecule has 2 aromatic carbocycles. The second-order valence-electron chi connectivity index (χ2n) is 7.36. The highest BCUT2D eigenvalue weighted by Gasteiger charge is 2.13. The van der Waals surface area contributed by atoms with Gasteiger partial charge in [-0.15, -0.1) is 0 Å². The minimum atomic E-state index is 0.510. The lowest BCUT2D eigenvalue weighted by Gasteiger charge is -2.11. The van der Waals surface area contributed by atoms with E-state index in [9.17, 15) is 5.26 Å². The summed E-state index contributed by atoms with van der Waals surface area (Å²) in [6.45, 7) is 8.79. The van der Waals surface area contributed by atoms with Crippen LogP contribution in [0.3, 0.4) is 0 Å². The summed E-state index contributed by atoms with van der Waals surface area (Å²) < 4.78 is 7.72. The van der Waals surface area contributed by atoms with E-state index in [2.05, 4.69) is 40.5 Å². The largest absolute Gasteiger partial charge is 0.494 e. The summed E-state index contributed by atoms with van der Waals surface area (Å²) in [4.78, 5) is 7.87. The zero-order valence-corrected chi connectivity index (χ0v) is 17.7. The molecule has 2 aromatic heterocycles. The summed E-state index contributed by atoms with van der Waals surface area (Å²) in [7, 11) is 0. The van der Waals surface area contributed by atoms with Gasteiger partial charge in [0.05, 0.1) is 23.2 Å². The van der Waals surface area contributed by atoms with Gasteiger partial charge in [-0.1, -0.05) is 6.07 Å². The molecule has 0 aliphatic heterocycles. The molecule has 0 aliphatic carbocycles. The third kappa shape index (κ3) is 3.60. The van der Waals surface area contributed by atoms with E-state index in [4.69, 9.17) is 4.74 Å². The van der Waals surface area contributed by atoms with Crippen molar-refractivity contribution in [2.45, 2.75) is 27.7 Å². The molecule has 30 heavy (non-hydrogen) atoms. The van der Waals surface area contributed by atoms with Crippen LogP contribution in [-0.4, -0.2) is 21.1 Å². The van der Waals surface area contributed by atoms with E-state index in [-0.39, 0.29) is 0 Å². The fourth-order valence-corrected chi connectivity index (χ4v) is 3.75. The Morgan fingerprint density at radius 3 is 2.60 bits per heavy atom. The maximum Gasteiger partial charge on any atom is 0.149 e. The molecule has 0 aliphatic rings. The number of ether oxygens (including phenoxy) is 1. The summed E-state index contributed by atoms with van der Waals surface area (Å²) in [6, 6.07) is 18.5. The minimum absolute atomic E-state index is 0.510. The molecule has 0 saturated heterocycles. The van der Waals surface area contributed by atoms with Crippen LogP contribution in [0.2, 0.25) is 0 Å². The van der Waals surface area contributed by atoms with Crippen LogP contribution in [0.4, 0.5) is 0 Å². The van der Waals surface area contributed by atoms with Crippen molar-refractivity contribution in [3.8, 4) is 17.5 Å². The van der Waals surface area contributed by atoms with Crippen molar-refractivity contribution in [2.24, 2.45) is 0 Å². The zero-order chi connectivity index (χ0) is 21.3. The Morgan fingerprint density at radius 1 is 1.13 bits per heavy atom. The summed E-state index contributed by atoms with van der Waals surface area (Å²) >= 11 is 0. The van der Waals surface area contributed by atoms with Crippen molar-refractivity contribution in [3.05, 3.63) is 76.9 Å². The van der Waals surface area contributed by atoms with Crippen LogP contribution in [0.1, 0.15) is 35.3 Å². The highest BCUT2D eigenvalue weighted by Crippen LogP contribution is 2.26. The van der Waals surface area contributed by atoms with Crippen molar-refractivity contribution < 1.29 is 4.74 Å². The number of H-pyrrole nitrogens is 1. The van der Waals surface area contributed by atoms with Crippen LogP contribution >= 0.6 is 0 Å². The number of benzene rings is 2. The lowest BCUT2D eigenvalue weighted by Crippen LogP contribution is -1.99. The van der Waals surface area contributed by atoms with E-state index in [0.717, 1.165) is 45.0 Å². The van der Waals surface area contributed by atoms with Crippen LogP contribution in [0, 0.1) is 32.1 Å². The number of nitrogens with zero attached hydrogens (tertiary/aromatic N) is 3. The van der Waals surface area contributed by atoms with E-state index in [1.54, 1.807) is 0 Å². The third-order valence-electron chi connectivity index (χ3n) is 5.19. The van der Waals surface area contributed by atoms with Crippen molar-refractivity contribution in [2.75, 3.05) is 6.61 Å². The first-order valence-electron chi connectivity index (χ1n) is 10.0. The van der Waals surface area contributed by atoms with Crippen LogP contribution in [0.5, 0.6) is 5.75 Å². The van der Waals surface area contributed by atoms with Crippen LogP contribution in [0.15, 0.2) is 48.5 Å². The monoisotopic (exact) mass is 396 g/mol. The first-order chi connectivity index (χ1) is 14.5. The topological polar surface area (TPSA) is 66.6 Å². The van der Waals surface area contributed by atoms with Gasteiger partial charge in [0.25, 0.3) is 0 Å². The van der Waals surface area contributed by atoms with Gasteiger partial charge in [-0.2, -0.15) is 5.26 Å². The SMILES string of the molecule is CCOc1ccc(-n2c(C)cc(/C=C(/C#N)c3nc4ccc(C)cc4[nH]3)c2C)cc1. The summed E-state index contributed by atoms with van der Waals surface area (Å²) in [5, 5.41) is 9.79. The van der Waals surface area contributed by atoms with E-state index in [1.807, 2.05) is 62.4 Å². The lowest BCUT2D eigenvalue weighted by molar-refractivity contribution is 0.340. The maximum atomic E-state index is 9.79. The smallest absolute Gasteiger partial charge is 0.149 e. The molecule has 0 bridgehead atoms. The van der Waals surface area contributed by atoms with E-state index >= 15 is 0 Å². The number of imidazole rings is 1. The number of hydrogen-bond donors (Lipinski definition) is 1. The van der Waals surface area contributed by atoms with Gasteiger partial charge in [-0.25, -0.2) is 4.98 Å². The number of aryl methyl sites for hydroxylation is 2. The van der Waals surface area contributed by atoms with E-state index in [1.165, 1.54) is 0 Å². The molecule has 2 heterocycles. The standard InChI is InChI=1S/C25H24N4O/c1-5-30-22-9-7-21(8-10-22)29-17(3)13-19(18(29)4)14-20(15-26)25-27-23-11-6-16(2)12-24(23)28-25/h6-14H,5H2,1-4H3,(H,27,28)/b20-14-. The summed E-state index contributed by atoms with van der Waals surface area (Å²) in [5.74, 6) is 1.44. The average Bonchev–Trinajstić information content (AvgIpc) is 3.27. The Hall–Kier alpha value is -3.78. The molecular weight excluding hydrogens is 372 g/mol. The van der Waals surface area contributed by atoms with Gasteiger partial charge in [0.15, 0.2) is 0 Å². The van der Waals surface area contributed by atoms with Crippen LogP contribution < -0.4 is 4.74 Å². The molecule has 4 rings (SSSR count). The number of aromatic amines is 1. The predicted octanol–water partition coefficient (Wildman–Crippen LogP) is 5.74. The van der Waals surface area contributed by atoms with Crippen molar-refractivity contribution >= 4 is 22.7 Å². The Bertz CT molecular complexity index is 1280. The average molecular weight is 396 g/mol. The quantitative estimate of drug-likeness (QED) is 0.437. The number of nitriles is 1. The number of fused-ring (bicyclic) bond motifs is 1. The minimum Gasteiger partial charge on any atom is -0.494 e. The van der Waals surface area contributed by atoms with Gasteiger partial charge >= 0.3 is 0 Å². The van der Waals surface area contributed by atoms with Gasteiger partial charge < -0.3 is 14.3 Å². The molecule has 1 N–H and O–H groups in total. The number of nitrogens with one attached hydrogen (secondary N) is 1. The fourth-order valence-electron chi connectivity index (χ4n) is 3.75. The number of hydrogen-bond acceptors (Lipinski definition) is 3. The molecule has 0 spiro atoms. The Balaban J connectivity index is 1.73. The highest BCUT2D eigenvalue weighted by molar-refractivity contribution is 5.91. The molecule has 0 radical (unpaired) electrons. The Labute approximate surface area is 176 Å². The highest BCUT2D eigenvalue weighted by atomic mass is 16.5. The van der Waals surface area contributed by atoms with Crippen molar-refractivity contribution in [1.29, 1.82) is 5.26 Å². The molecule has 0 fully saturated rings. The number of allylic oxidation sites excluding steroid dienone is 1. The first-order valence-corrected chi connectivity index (χ1v) is 10.0. The summed E-state index contributed by atoms with van der Waals surface area (Å²) in [5.41, 5.74) is 7.68. The lowest BCUT2D eigenvalue weighted by atomic mass is 10.1. The Morgan fingerprint density at radius 2 is 1.90 bits per heavy atom. The van der Waals surface area contributed by atoms with Gasteiger partial charge in [0.1, 0.15) is 17.6 Å². The van der Waals surface area contributed by atoms with E-state index < -0.39 is 0 Å². The van der Waals surface area contributed by atoms with Crippen molar-refractivity contribution in [1.82, 2.24) is 14.5 Å². The molecule has 0 saturated carbocycles. The molecule has 5 heteroatoms. The van der Waals surface area contributed by atoms with Gasteiger partial charge in [0, 0.05) is 17.1 Å². The van der Waals surface area contributed by atoms with E-state index in [0.29, 0.717) is 18.0 Å². The molecular formula is C25H24N4O. The summed E-state index contributed by atoms with van der Waals surface area (Å²) in [6.07, 6.45) is 1.90. The molecule has 5 nitrogen and oxygen atoms in total. The third-order valence-corrected chi connectivity index (χ3v) is 5.19. The molecule has 150 valence electrons. The first kappa shape index (κ1) is 19.5. The van der Waals surface area contributed by atoms with Crippen LogP contribution in [0.25, 0.3) is 28.4 Å². The zero-order valence-electron chi connectivity index (χ0n) is 17.7. The number of rotatable bonds is 5. The predicted molar refractivity (Wildman–Crippen MR) is 121 cm³/mol. The maximum absolute atomic E-state index is 9.79. The number of aromatic nitrogens is 3. The van der Waals surface area contributed by atoms with Crippen LogP contribution in [-0.2, 0) is 0 Å².